The first-order valence-electron chi connectivity index (χ1n) is 6.73. The molecule has 0 bridgehead atoms. The van der Waals surface area contributed by atoms with Crippen molar-refractivity contribution >= 4 is 11.8 Å². The second-order valence-electron chi connectivity index (χ2n) is 4.84. The van der Waals surface area contributed by atoms with Crippen LogP contribution >= 0.6 is 11.8 Å². The van der Waals surface area contributed by atoms with Gasteiger partial charge < -0.3 is 0 Å². The second kappa shape index (κ2) is 7.29. The molecule has 100 valence electrons. The van der Waals surface area contributed by atoms with Crippen LogP contribution in [0.15, 0.2) is 49.1 Å². The number of nitrogens with zero attached hydrogens (tertiary/aromatic N) is 2. The van der Waals surface area contributed by atoms with Crippen LogP contribution in [0, 0.1) is 13.8 Å². The summed E-state index contributed by atoms with van der Waals surface area (Å²) >= 11 is 2.01. The van der Waals surface area contributed by atoms with Crippen molar-refractivity contribution in [2.24, 2.45) is 0 Å². The van der Waals surface area contributed by atoms with Crippen LogP contribution in [0.2, 0.25) is 0 Å². The van der Waals surface area contributed by atoms with Gasteiger partial charge in [0, 0.05) is 24.3 Å². The number of hydrogen-bond acceptors (Lipinski definition) is 1. The highest BCUT2D eigenvalue weighted by Crippen LogP contribution is 1.99. The first kappa shape index (κ1) is 14.1. The molecule has 0 saturated carbocycles. The third kappa shape index (κ3) is 5.03. The Bertz CT molecular complexity index is 444. The molecule has 0 aliphatic rings. The molecule has 0 spiro atoms. The van der Waals surface area contributed by atoms with E-state index < -0.39 is 0 Å². The molecule has 2 aromatic heterocycles. The predicted octanol–water partition coefficient (Wildman–Crippen LogP) is 2.31. The molecule has 0 fully saturated rings. The van der Waals surface area contributed by atoms with Gasteiger partial charge in [0.15, 0.2) is 37.9 Å². The molecular formula is C16H22N2S+2. The lowest BCUT2D eigenvalue weighted by Crippen LogP contribution is -2.35. The van der Waals surface area contributed by atoms with Crippen LogP contribution in [0.25, 0.3) is 0 Å². The zero-order chi connectivity index (χ0) is 13.5. The standard InChI is InChI=1S/C16H22N2S/c1-15-3-7-17(8-4-15)11-13-19-14-12-18-9-5-16(2)6-10-18/h3-10H,11-14H2,1-2H3/q+2. The monoisotopic (exact) mass is 274 g/mol. The van der Waals surface area contributed by atoms with Crippen molar-refractivity contribution in [3.8, 4) is 0 Å². The molecule has 0 aromatic carbocycles. The van der Waals surface area contributed by atoms with Crippen LogP contribution in [0.3, 0.4) is 0 Å². The van der Waals surface area contributed by atoms with E-state index in [9.17, 15) is 0 Å². The lowest BCUT2D eigenvalue weighted by atomic mass is 10.3. The molecule has 0 saturated heterocycles. The fourth-order valence-corrected chi connectivity index (χ4v) is 2.69. The van der Waals surface area contributed by atoms with E-state index in [1.165, 1.54) is 22.6 Å². The SMILES string of the molecule is Cc1cc[n+](CCSCC[n+]2ccc(C)cc2)cc1. The van der Waals surface area contributed by atoms with Crippen molar-refractivity contribution in [1.29, 1.82) is 0 Å². The van der Waals surface area contributed by atoms with Crippen LogP contribution in [0.5, 0.6) is 0 Å². The number of pyridine rings is 2. The predicted molar refractivity (Wildman–Crippen MR) is 80.1 cm³/mol. The minimum Gasteiger partial charge on any atom is -0.204 e. The number of rotatable bonds is 6. The average molecular weight is 274 g/mol. The topological polar surface area (TPSA) is 7.76 Å². The van der Waals surface area contributed by atoms with E-state index in [0.29, 0.717) is 0 Å². The van der Waals surface area contributed by atoms with Crippen LogP contribution in [0.4, 0.5) is 0 Å². The van der Waals surface area contributed by atoms with Crippen molar-refractivity contribution in [1.82, 2.24) is 0 Å². The fraction of sp³-hybridized carbons (Fsp3) is 0.375. The van der Waals surface area contributed by atoms with E-state index in [0.717, 1.165) is 13.1 Å². The number of aromatic nitrogens is 2. The summed E-state index contributed by atoms with van der Waals surface area (Å²) in [4.78, 5) is 0. The molecule has 0 atom stereocenters. The molecule has 0 aliphatic carbocycles. The number of thioether (sulfide) groups is 1. The second-order valence-corrected chi connectivity index (χ2v) is 6.06. The normalized spacial score (nSPS) is 10.6. The van der Waals surface area contributed by atoms with Crippen LogP contribution < -0.4 is 9.13 Å². The quantitative estimate of drug-likeness (QED) is 0.579. The van der Waals surface area contributed by atoms with E-state index in [1.807, 2.05) is 11.8 Å². The zero-order valence-electron chi connectivity index (χ0n) is 11.7. The van der Waals surface area contributed by atoms with Gasteiger partial charge in [0.05, 0.1) is 11.5 Å². The number of hydrogen-bond donors (Lipinski definition) is 0. The minimum absolute atomic E-state index is 1.09. The summed E-state index contributed by atoms with van der Waals surface area (Å²) in [5.41, 5.74) is 2.64. The van der Waals surface area contributed by atoms with Crippen molar-refractivity contribution < 1.29 is 9.13 Å². The highest BCUT2D eigenvalue weighted by atomic mass is 32.2. The van der Waals surface area contributed by atoms with Crippen LogP contribution in [-0.2, 0) is 13.1 Å². The van der Waals surface area contributed by atoms with Gasteiger partial charge in [0.25, 0.3) is 0 Å². The maximum absolute atomic E-state index is 2.25. The molecule has 0 N–H and O–H groups in total. The van der Waals surface area contributed by atoms with Gasteiger partial charge in [-0.05, 0) is 25.0 Å². The Hall–Kier alpha value is -1.35. The van der Waals surface area contributed by atoms with Crippen molar-refractivity contribution in [3.63, 3.8) is 0 Å². The highest BCUT2D eigenvalue weighted by Gasteiger charge is 2.02. The molecular weight excluding hydrogens is 252 g/mol. The smallest absolute Gasteiger partial charge is 0.169 e. The zero-order valence-corrected chi connectivity index (χ0v) is 12.6. The Morgan fingerprint density at radius 3 is 1.47 bits per heavy atom. The molecule has 19 heavy (non-hydrogen) atoms. The molecule has 3 heteroatoms. The lowest BCUT2D eigenvalue weighted by Gasteiger charge is -1.99. The molecule has 2 nitrogen and oxygen atoms in total. The van der Waals surface area contributed by atoms with E-state index in [2.05, 4.69) is 72.0 Å². The molecule has 0 aliphatic heterocycles. The molecule has 0 amide bonds. The van der Waals surface area contributed by atoms with Gasteiger partial charge in [-0.3, -0.25) is 0 Å². The first-order valence-corrected chi connectivity index (χ1v) is 7.89. The van der Waals surface area contributed by atoms with Gasteiger partial charge in [-0.15, -0.1) is 11.8 Å². The Morgan fingerprint density at radius 1 is 0.737 bits per heavy atom. The highest BCUT2D eigenvalue weighted by molar-refractivity contribution is 7.99. The maximum atomic E-state index is 2.25. The van der Waals surface area contributed by atoms with Crippen LogP contribution in [0.1, 0.15) is 11.1 Å². The summed E-state index contributed by atoms with van der Waals surface area (Å²) < 4.78 is 4.50. The van der Waals surface area contributed by atoms with Gasteiger partial charge in [0.2, 0.25) is 0 Å². The Labute approximate surface area is 120 Å². The Morgan fingerprint density at radius 2 is 1.11 bits per heavy atom. The molecule has 2 aromatic rings. The maximum Gasteiger partial charge on any atom is 0.169 e. The lowest BCUT2D eigenvalue weighted by molar-refractivity contribution is -0.693. The third-order valence-corrected chi connectivity index (χ3v) is 4.05. The fourth-order valence-electron chi connectivity index (χ4n) is 1.80. The van der Waals surface area contributed by atoms with Crippen LogP contribution in [-0.4, -0.2) is 11.5 Å². The van der Waals surface area contributed by atoms with Gasteiger partial charge in [-0.25, -0.2) is 9.13 Å². The van der Waals surface area contributed by atoms with Crippen molar-refractivity contribution in [2.75, 3.05) is 11.5 Å². The summed E-state index contributed by atoms with van der Waals surface area (Å²) in [5, 5.41) is 0. The summed E-state index contributed by atoms with van der Waals surface area (Å²) in [6.07, 6.45) is 8.63. The largest absolute Gasteiger partial charge is 0.204 e. The summed E-state index contributed by atoms with van der Waals surface area (Å²) in [7, 11) is 0. The number of aryl methyl sites for hydroxylation is 4. The molecule has 2 rings (SSSR count). The van der Waals surface area contributed by atoms with Gasteiger partial charge in [0.1, 0.15) is 0 Å². The summed E-state index contributed by atoms with van der Waals surface area (Å²) in [6.45, 7) is 6.42. The van der Waals surface area contributed by atoms with E-state index in [-0.39, 0.29) is 0 Å². The van der Waals surface area contributed by atoms with Crippen molar-refractivity contribution in [3.05, 3.63) is 60.2 Å². The summed E-state index contributed by atoms with van der Waals surface area (Å²) in [6, 6.07) is 8.64. The molecule has 0 unspecified atom stereocenters. The molecule has 2 heterocycles. The minimum atomic E-state index is 1.09. The molecule has 0 radical (unpaired) electrons. The van der Waals surface area contributed by atoms with E-state index >= 15 is 0 Å². The van der Waals surface area contributed by atoms with E-state index in [4.69, 9.17) is 0 Å². The van der Waals surface area contributed by atoms with Gasteiger partial charge in [-0.2, -0.15) is 0 Å². The third-order valence-electron chi connectivity index (χ3n) is 3.10. The average Bonchev–Trinajstić information content (AvgIpc) is 2.43. The van der Waals surface area contributed by atoms with Crippen molar-refractivity contribution in [2.45, 2.75) is 26.9 Å². The summed E-state index contributed by atoms with van der Waals surface area (Å²) in [5.74, 6) is 2.33. The van der Waals surface area contributed by atoms with Gasteiger partial charge in [-0.1, -0.05) is 0 Å². The van der Waals surface area contributed by atoms with Gasteiger partial charge >= 0.3 is 0 Å². The van der Waals surface area contributed by atoms with E-state index in [1.54, 1.807) is 0 Å². The Balaban J connectivity index is 1.64. The Kier molecular flexibility index (Phi) is 5.40. The first-order chi connectivity index (χ1) is 9.24.